The SMILES string of the molecule is C1CCOC1.COc1cc(F)c(F)cc1OC1CCC[C@H](C(=O)O)[C@H]1O.COc1cc(F)c(F)cc1OC1CCC[C@H](CO)[C@H]1O.[B]. The van der Waals surface area contributed by atoms with Crippen molar-refractivity contribution in [1.29, 1.82) is 0 Å². The molecule has 3 fully saturated rings. The molecule has 0 spiro atoms. The molecule has 2 saturated carbocycles. The Morgan fingerprint density at radius 1 is 0.723 bits per heavy atom. The van der Waals surface area contributed by atoms with E-state index in [0.29, 0.717) is 32.1 Å². The van der Waals surface area contributed by atoms with Crippen molar-refractivity contribution in [2.75, 3.05) is 34.0 Å². The second kappa shape index (κ2) is 19.5. The van der Waals surface area contributed by atoms with Crippen LogP contribution in [-0.4, -0.2) is 93.3 Å². The van der Waals surface area contributed by atoms with Crippen LogP contribution in [0.3, 0.4) is 0 Å². The van der Waals surface area contributed by atoms with Crippen LogP contribution in [0.25, 0.3) is 0 Å². The van der Waals surface area contributed by atoms with Gasteiger partial charge in [-0.2, -0.15) is 0 Å². The molecule has 261 valence electrons. The van der Waals surface area contributed by atoms with Crippen LogP contribution in [0.5, 0.6) is 23.0 Å². The van der Waals surface area contributed by atoms with Gasteiger partial charge in [0.25, 0.3) is 0 Å². The van der Waals surface area contributed by atoms with Crippen molar-refractivity contribution in [2.45, 2.75) is 75.8 Å². The molecular weight excluding hydrogens is 631 g/mol. The van der Waals surface area contributed by atoms with Gasteiger partial charge >= 0.3 is 5.97 Å². The van der Waals surface area contributed by atoms with E-state index in [2.05, 4.69) is 0 Å². The maximum Gasteiger partial charge on any atom is 0.309 e. The van der Waals surface area contributed by atoms with Gasteiger partial charge in [-0.3, -0.25) is 4.79 Å². The van der Waals surface area contributed by atoms with Gasteiger partial charge in [0.05, 0.1) is 26.2 Å². The van der Waals surface area contributed by atoms with Crippen molar-refractivity contribution in [3.05, 3.63) is 47.5 Å². The topological polar surface area (TPSA) is 144 Å². The summed E-state index contributed by atoms with van der Waals surface area (Å²) in [5.41, 5.74) is 0. The summed E-state index contributed by atoms with van der Waals surface area (Å²) < 4.78 is 78.6. The minimum absolute atomic E-state index is 0. The number of carboxylic acids is 1. The molecule has 2 unspecified atom stereocenters. The zero-order valence-corrected chi connectivity index (χ0v) is 26.4. The van der Waals surface area contributed by atoms with Crippen LogP contribution in [-0.2, 0) is 9.53 Å². The number of methoxy groups -OCH3 is 2. The number of benzene rings is 2. The summed E-state index contributed by atoms with van der Waals surface area (Å²) in [6, 6.07) is 3.48. The Balaban J connectivity index is 0.000000279. The lowest BCUT2D eigenvalue weighted by Gasteiger charge is -2.34. The number of rotatable bonds is 8. The summed E-state index contributed by atoms with van der Waals surface area (Å²) in [5.74, 6) is -6.49. The zero-order valence-electron chi connectivity index (χ0n) is 26.4. The van der Waals surface area contributed by atoms with Crippen molar-refractivity contribution in [3.63, 3.8) is 0 Å². The smallest absolute Gasteiger partial charge is 0.309 e. The number of carboxylic acid groups (broad SMARTS) is 1. The first-order valence-corrected chi connectivity index (χ1v) is 15.2. The van der Waals surface area contributed by atoms with Crippen LogP contribution in [0.4, 0.5) is 17.6 Å². The Morgan fingerprint density at radius 3 is 1.53 bits per heavy atom. The van der Waals surface area contributed by atoms with Crippen molar-refractivity contribution in [3.8, 4) is 23.0 Å². The van der Waals surface area contributed by atoms with Gasteiger partial charge in [-0.1, -0.05) is 0 Å². The molecule has 2 aliphatic carbocycles. The van der Waals surface area contributed by atoms with Gasteiger partial charge in [0.1, 0.15) is 18.3 Å². The maximum absolute atomic E-state index is 13.3. The number of aliphatic hydroxyl groups is 3. The standard InChI is InChI=1S/C14H16F2O5.C14H18F2O4.C4H8O.B/c1-20-11-5-8(15)9(16)6-12(11)21-10-4-2-3-7(13(10)17)14(18)19;1-19-12-5-9(15)10(16)6-13(12)20-11-4-2-3-8(7-17)14(11)18;1-2-4-5-3-1;/h5-7,10,13,17H,2-4H2,1H3,(H,18,19);5-6,8,11,14,17-18H,2-4,7H2,1H3;1-4H2;/t7-,10?,13+;8-,11?,14-;;/m01../s1. The number of hydrogen-bond acceptors (Lipinski definition) is 9. The molecule has 3 aliphatic rings. The van der Waals surface area contributed by atoms with Gasteiger partial charge in [-0.05, 0) is 51.4 Å². The van der Waals surface area contributed by atoms with E-state index < -0.39 is 59.6 Å². The molecule has 1 saturated heterocycles. The molecule has 6 atom stereocenters. The molecular formula is C32H42BF4O10. The van der Waals surface area contributed by atoms with Gasteiger partial charge in [0.2, 0.25) is 0 Å². The van der Waals surface area contributed by atoms with Gasteiger partial charge in [0.15, 0.2) is 46.3 Å². The fourth-order valence-electron chi connectivity index (χ4n) is 5.45. The lowest BCUT2D eigenvalue weighted by Crippen LogP contribution is -2.44. The summed E-state index contributed by atoms with van der Waals surface area (Å²) >= 11 is 0. The van der Waals surface area contributed by atoms with Gasteiger partial charge in [-0.25, -0.2) is 17.6 Å². The molecule has 0 bridgehead atoms. The zero-order chi connectivity index (χ0) is 33.8. The summed E-state index contributed by atoms with van der Waals surface area (Å²) in [6.07, 6.45) is 2.55. The largest absolute Gasteiger partial charge is 0.493 e. The van der Waals surface area contributed by atoms with Crippen molar-refractivity contribution >= 4 is 14.4 Å². The number of aliphatic carboxylic acids is 1. The third kappa shape index (κ3) is 11.2. The molecule has 2 aromatic carbocycles. The van der Waals surface area contributed by atoms with Crippen LogP contribution in [0.2, 0.25) is 0 Å². The van der Waals surface area contributed by atoms with Gasteiger partial charge in [-0.15, -0.1) is 0 Å². The van der Waals surface area contributed by atoms with E-state index in [0.717, 1.165) is 43.9 Å². The van der Waals surface area contributed by atoms with Crippen molar-refractivity contribution in [2.24, 2.45) is 11.8 Å². The summed E-state index contributed by atoms with van der Waals surface area (Å²) in [6.45, 7) is 1.87. The van der Waals surface area contributed by atoms with E-state index in [9.17, 15) is 37.7 Å². The first-order chi connectivity index (χ1) is 22.0. The molecule has 47 heavy (non-hydrogen) atoms. The number of ether oxygens (including phenoxy) is 5. The molecule has 2 aromatic rings. The van der Waals surface area contributed by atoms with E-state index in [1.165, 1.54) is 27.1 Å². The molecule has 0 aromatic heterocycles. The van der Waals surface area contributed by atoms with Crippen LogP contribution >= 0.6 is 0 Å². The van der Waals surface area contributed by atoms with Crippen LogP contribution in [0.15, 0.2) is 24.3 Å². The average molecular weight is 673 g/mol. The second-order valence-electron chi connectivity index (χ2n) is 11.2. The number of halogens is 4. The fourth-order valence-corrected chi connectivity index (χ4v) is 5.45. The Labute approximate surface area is 273 Å². The predicted molar refractivity (Wildman–Crippen MR) is 162 cm³/mol. The van der Waals surface area contributed by atoms with Crippen molar-refractivity contribution < 1.29 is 66.5 Å². The Hall–Kier alpha value is -3.27. The fraction of sp³-hybridized carbons (Fsp3) is 0.594. The Bertz CT molecular complexity index is 1260. The minimum Gasteiger partial charge on any atom is -0.493 e. The van der Waals surface area contributed by atoms with E-state index in [4.69, 9.17) is 28.8 Å². The molecule has 10 nitrogen and oxygen atoms in total. The molecule has 5 rings (SSSR count). The molecule has 15 heteroatoms. The van der Waals surface area contributed by atoms with E-state index in [1.807, 2.05) is 0 Å². The quantitative estimate of drug-likeness (QED) is 0.237. The predicted octanol–water partition coefficient (Wildman–Crippen LogP) is 4.26. The van der Waals surface area contributed by atoms with Gasteiger partial charge in [0, 0.05) is 58.4 Å². The summed E-state index contributed by atoms with van der Waals surface area (Å²) in [7, 11) is 2.60. The number of hydrogen-bond donors (Lipinski definition) is 4. The van der Waals surface area contributed by atoms with Crippen LogP contribution in [0, 0.1) is 35.1 Å². The molecule has 0 amide bonds. The second-order valence-corrected chi connectivity index (χ2v) is 11.2. The first kappa shape index (κ1) is 39.9. The van der Waals surface area contributed by atoms with Crippen LogP contribution in [0.1, 0.15) is 51.4 Å². The third-order valence-corrected chi connectivity index (χ3v) is 8.07. The lowest BCUT2D eigenvalue weighted by molar-refractivity contribution is -0.151. The summed E-state index contributed by atoms with van der Waals surface area (Å²) in [4.78, 5) is 11.0. The summed E-state index contributed by atoms with van der Waals surface area (Å²) in [5, 5.41) is 38.3. The highest BCUT2D eigenvalue weighted by atomic mass is 19.2. The third-order valence-electron chi connectivity index (χ3n) is 8.07. The monoisotopic (exact) mass is 673 g/mol. The van der Waals surface area contributed by atoms with E-state index in [-0.39, 0.29) is 43.9 Å². The Morgan fingerprint density at radius 2 is 1.15 bits per heavy atom. The van der Waals surface area contributed by atoms with Gasteiger partial charge < -0.3 is 44.1 Å². The van der Waals surface area contributed by atoms with E-state index >= 15 is 0 Å². The molecule has 1 aliphatic heterocycles. The molecule has 3 radical (unpaired) electrons. The minimum atomic E-state index is -1.21. The van der Waals surface area contributed by atoms with Crippen LogP contribution < -0.4 is 18.9 Å². The van der Waals surface area contributed by atoms with E-state index in [1.54, 1.807) is 0 Å². The average Bonchev–Trinajstić information content (AvgIpc) is 3.63. The number of aliphatic hydroxyl groups excluding tert-OH is 3. The highest BCUT2D eigenvalue weighted by Crippen LogP contribution is 2.36. The maximum atomic E-state index is 13.3. The highest BCUT2D eigenvalue weighted by Gasteiger charge is 2.38. The Kier molecular flexibility index (Phi) is 16.6. The first-order valence-electron chi connectivity index (χ1n) is 15.2. The molecule has 4 N–H and O–H groups in total. The van der Waals surface area contributed by atoms with Crippen molar-refractivity contribution in [1.82, 2.24) is 0 Å². The highest BCUT2D eigenvalue weighted by molar-refractivity contribution is 5.75. The molecule has 1 heterocycles. The lowest BCUT2D eigenvalue weighted by atomic mass is 9.84. The number of carbonyl (C=O) groups is 1. The normalized spacial score (nSPS) is 25.1.